The Kier molecular flexibility index (Phi) is 30.8. The molecule has 0 aliphatic carbocycles. The minimum absolute atomic E-state index is 0.0257. The molecule has 0 amide bonds. The highest BCUT2D eigenvalue weighted by molar-refractivity contribution is 5.73. The molecule has 0 spiro atoms. The van der Waals surface area contributed by atoms with Gasteiger partial charge in [-0.3, -0.25) is 33.7 Å². The third kappa shape index (κ3) is 29.7. The maximum atomic E-state index is 11.9. The van der Waals surface area contributed by atoms with Crippen LogP contribution in [0.4, 0.5) is 0 Å². The van der Waals surface area contributed by atoms with E-state index < -0.39 is 0 Å². The summed E-state index contributed by atoms with van der Waals surface area (Å²) < 4.78 is 29.8. The highest BCUT2D eigenvalue weighted by atomic mass is 16.6. The van der Waals surface area contributed by atoms with Crippen molar-refractivity contribution in [1.29, 1.82) is 0 Å². The lowest BCUT2D eigenvalue weighted by Gasteiger charge is -2.36. The molecule has 7 heterocycles. The van der Waals surface area contributed by atoms with Gasteiger partial charge in [0.2, 0.25) is 0 Å². The number of nitrogens with zero attached hydrogens (tertiary/aromatic N) is 3. The normalized spacial score (nSPS) is 22.6. The maximum Gasteiger partial charge on any atom is 0.310 e. The molecule has 65 heavy (non-hydrogen) atoms. The van der Waals surface area contributed by atoms with Crippen molar-refractivity contribution in [3.63, 3.8) is 0 Å². The largest absolute Gasteiger partial charge is 0.465 e. The minimum atomic E-state index is -0.190. The summed E-state index contributed by atoms with van der Waals surface area (Å²) in [7, 11) is 2.10. The Hall–Kier alpha value is -3.50. The second kappa shape index (κ2) is 34.8. The van der Waals surface area contributed by atoms with Crippen LogP contribution in [0, 0.1) is 17.8 Å². The fraction of sp³-hybridized carbons (Fsp3) is 0.867. The monoisotopic (exact) mass is 929 g/mol. The van der Waals surface area contributed by atoms with Crippen molar-refractivity contribution in [2.75, 3.05) is 145 Å². The Balaban J connectivity index is 0.000000274. The first-order valence-corrected chi connectivity index (χ1v) is 23.7. The number of piperidine rings is 2. The summed E-state index contributed by atoms with van der Waals surface area (Å²) >= 11 is 0. The molecule has 7 aliphatic rings. The van der Waals surface area contributed by atoms with Gasteiger partial charge in [-0.2, -0.15) is 0 Å². The number of nitrogens with one attached hydrogen (secondary N) is 5. The van der Waals surface area contributed by atoms with Crippen LogP contribution in [0.25, 0.3) is 0 Å². The van der Waals surface area contributed by atoms with Crippen LogP contribution in [0.3, 0.4) is 0 Å². The van der Waals surface area contributed by atoms with Crippen LogP contribution in [-0.4, -0.2) is 214 Å². The third-order valence-corrected chi connectivity index (χ3v) is 11.2. The van der Waals surface area contributed by atoms with Gasteiger partial charge in [-0.05, 0) is 71.9 Å². The lowest BCUT2D eigenvalue weighted by atomic mass is 9.98. The van der Waals surface area contributed by atoms with Crippen molar-refractivity contribution in [3.05, 3.63) is 0 Å². The highest BCUT2D eigenvalue weighted by Gasteiger charge is 2.29. The van der Waals surface area contributed by atoms with Crippen LogP contribution in [0.5, 0.6) is 0 Å². The molecule has 0 bridgehead atoms. The number of piperazine rings is 1. The number of ether oxygens (including phenoxy) is 6. The van der Waals surface area contributed by atoms with E-state index in [9.17, 15) is 28.8 Å². The summed E-state index contributed by atoms with van der Waals surface area (Å²) in [6, 6.07) is 0. The first-order valence-electron chi connectivity index (χ1n) is 23.7. The van der Waals surface area contributed by atoms with Crippen LogP contribution < -0.4 is 26.6 Å². The first kappa shape index (κ1) is 57.6. The van der Waals surface area contributed by atoms with Crippen LogP contribution in [0.15, 0.2) is 0 Å². The van der Waals surface area contributed by atoms with Gasteiger partial charge in [-0.15, -0.1) is 0 Å². The number of hydrogen-bond donors (Lipinski definition) is 5. The summed E-state index contributed by atoms with van der Waals surface area (Å²) in [6.45, 7) is 28.7. The van der Waals surface area contributed by atoms with E-state index in [1.807, 2.05) is 0 Å². The predicted octanol–water partition coefficient (Wildman–Crippen LogP) is -0.219. The van der Waals surface area contributed by atoms with Gasteiger partial charge in [0, 0.05) is 132 Å². The molecule has 20 heteroatoms. The Morgan fingerprint density at radius 1 is 0.508 bits per heavy atom. The van der Waals surface area contributed by atoms with Crippen LogP contribution in [0.1, 0.15) is 73.6 Å². The second-order valence-electron chi connectivity index (χ2n) is 17.4. The van der Waals surface area contributed by atoms with Gasteiger partial charge in [0.05, 0.1) is 19.1 Å². The molecule has 0 aromatic heterocycles. The number of rotatable bonds is 12. The Morgan fingerprint density at radius 3 is 1.51 bits per heavy atom. The van der Waals surface area contributed by atoms with E-state index in [0.29, 0.717) is 31.7 Å². The van der Waals surface area contributed by atoms with Crippen molar-refractivity contribution in [2.24, 2.45) is 17.8 Å². The van der Waals surface area contributed by atoms with E-state index >= 15 is 0 Å². The Labute approximate surface area is 387 Å². The molecule has 0 saturated carbocycles. The van der Waals surface area contributed by atoms with Gasteiger partial charge in [0.25, 0.3) is 0 Å². The smallest absolute Gasteiger partial charge is 0.310 e. The molecule has 0 aromatic carbocycles. The quantitative estimate of drug-likeness (QED) is 0.126. The molecule has 7 rings (SSSR count). The standard InChI is InChI=1S/C13H24N2O2.C8H16N2O2.C7H13NO2.2C6H11NO2.C5H9NO2/c1-3-15-6-4-5-12(9-15)13(16)17-10-11-7-14(2)8-11;1-8(11)12-7-6-10-4-2-9-3-5-10;1-6(9)10-7-2-4-8-5-3-7;1-5(8)9-4-6-2-7-3-6;1-5(8)9-6-2-3-7-4-6;1-4(7)8-5-2-6-3-5/h11-12H,3-10H2,1-2H3;9H,2-7H2,1H3;7-8H,2-5H2,1H3;2*6-7H,2-4H2,1H3;5-6H,2-3H2,1H3. The number of carbonyl (C=O) groups excluding carboxylic acids is 6. The number of hydrogen-bond acceptors (Lipinski definition) is 20. The molecule has 376 valence electrons. The fourth-order valence-electron chi connectivity index (χ4n) is 7.43. The molecule has 0 aromatic rings. The van der Waals surface area contributed by atoms with Crippen LogP contribution in [0.2, 0.25) is 0 Å². The van der Waals surface area contributed by atoms with Crippen LogP contribution in [-0.2, 0) is 57.2 Å². The number of esters is 6. The summed E-state index contributed by atoms with van der Waals surface area (Å²) in [4.78, 5) is 70.5. The lowest BCUT2D eigenvalue weighted by molar-refractivity contribution is -0.153. The zero-order valence-electron chi connectivity index (χ0n) is 40.6. The minimum Gasteiger partial charge on any atom is -0.465 e. The maximum absolute atomic E-state index is 11.9. The van der Waals surface area contributed by atoms with E-state index in [0.717, 1.165) is 150 Å². The molecule has 7 aliphatic heterocycles. The topological polar surface area (TPSA) is 228 Å². The third-order valence-electron chi connectivity index (χ3n) is 11.2. The van der Waals surface area contributed by atoms with Crippen molar-refractivity contribution >= 4 is 35.8 Å². The van der Waals surface area contributed by atoms with E-state index in [1.165, 1.54) is 34.6 Å². The summed E-state index contributed by atoms with van der Waals surface area (Å²) in [6.07, 6.45) is 5.44. The van der Waals surface area contributed by atoms with Gasteiger partial charge in [-0.1, -0.05) is 6.92 Å². The second-order valence-corrected chi connectivity index (χ2v) is 17.4. The summed E-state index contributed by atoms with van der Waals surface area (Å²) in [5.74, 6) is 0.377. The average molecular weight is 929 g/mol. The number of carbonyl (C=O) groups is 6. The Bertz CT molecular complexity index is 1350. The lowest BCUT2D eigenvalue weighted by Crippen LogP contribution is -2.49. The van der Waals surface area contributed by atoms with Gasteiger partial charge < -0.3 is 64.8 Å². The molecule has 2 atom stereocenters. The molecule has 20 nitrogen and oxygen atoms in total. The van der Waals surface area contributed by atoms with Crippen molar-refractivity contribution in [1.82, 2.24) is 41.3 Å². The Morgan fingerprint density at radius 2 is 1.03 bits per heavy atom. The summed E-state index contributed by atoms with van der Waals surface area (Å²) in [5.41, 5.74) is 0. The van der Waals surface area contributed by atoms with Crippen molar-refractivity contribution in [2.45, 2.75) is 92.0 Å². The van der Waals surface area contributed by atoms with E-state index in [1.54, 1.807) is 0 Å². The van der Waals surface area contributed by atoms with Crippen molar-refractivity contribution in [3.8, 4) is 0 Å². The highest BCUT2D eigenvalue weighted by Crippen LogP contribution is 2.19. The van der Waals surface area contributed by atoms with E-state index in [-0.39, 0.29) is 60.0 Å². The van der Waals surface area contributed by atoms with E-state index in [4.69, 9.17) is 28.4 Å². The SMILES string of the molecule is CC(=O)OC1CCNC1.CC(=O)OC1CCNCC1.CC(=O)OC1CNC1.CC(=O)OCC1CNC1.CC(=O)OCCN1CCNCC1.CCN1CCCC(C(=O)OCC2CN(C)C2)C1. The molecule has 7 fully saturated rings. The zero-order chi connectivity index (χ0) is 47.8. The summed E-state index contributed by atoms with van der Waals surface area (Å²) in [5, 5.41) is 15.6. The van der Waals surface area contributed by atoms with Gasteiger partial charge in [-0.25, -0.2) is 0 Å². The van der Waals surface area contributed by atoms with Gasteiger partial charge in [0.15, 0.2) is 0 Å². The molecule has 0 radical (unpaired) electrons. The molecule has 5 N–H and O–H groups in total. The number of likely N-dealkylation sites (tertiary alicyclic amines) is 2. The van der Waals surface area contributed by atoms with Crippen LogP contribution >= 0.6 is 0 Å². The zero-order valence-corrected chi connectivity index (χ0v) is 40.6. The average Bonchev–Trinajstić information content (AvgIpc) is 3.74. The van der Waals surface area contributed by atoms with E-state index in [2.05, 4.69) is 55.3 Å². The fourth-order valence-corrected chi connectivity index (χ4v) is 7.43. The molecular weight excluding hydrogens is 845 g/mol. The van der Waals surface area contributed by atoms with Gasteiger partial charge in [0.1, 0.15) is 24.9 Å². The predicted molar refractivity (Wildman–Crippen MR) is 245 cm³/mol. The van der Waals surface area contributed by atoms with Crippen molar-refractivity contribution < 1.29 is 57.2 Å². The molecule has 2 unspecified atom stereocenters. The van der Waals surface area contributed by atoms with Gasteiger partial charge >= 0.3 is 35.8 Å². The molecular formula is C45H84N8O12. The molecule has 7 saturated heterocycles. The first-order chi connectivity index (χ1) is 31.1.